The highest BCUT2D eigenvalue weighted by Crippen LogP contribution is 2.22. The van der Waals surface area contributed by atoms with Crippen LogP contribution in [0, 0.1) is 5.92 Å². The summed E-state index contributed by atoms with van der Waals surface area (Å²) in [6, 6.07) is 6.11. The van der Waals surface area contributed by atoms with Crippen LogP contribution in [0.25, 0.3) is 0 Å². The van der Waals surface area contributed by atoms with Gasteiger partial charge in [0.25, 0.3) is 0 Å². The smallest absolute Gasteiger partial charge is 0.319 e. The summed E-state index contributed by atoms with van der Waals surface area (Å²) in [6.07, 6.45) is 3.91. The number of carbonyl (C=O) groups is 1. The average molecular weight is 290 g/mol. The van der Waals surface area contributed by atoms with Gasteiger partial charge < -0.3 is 15.4 Å². The first-order valence-electron chi connectivity index (χ1n) is 7.98. The molecule has 0 radical (unpaired) electrons. The molecule has 4 nitrogen and oxygen atoms in total. The molecule has 0 bridgehead atoms. The summed E-state index contributed by atoms with van der Waals surface area (Å²) in [5.41, 5.74) is 3.36. The summed E-state index contributed by atoms with van der Waals surface area (Å²) in [7, 11) is 0. The summed E-state index contributed by atoms with van der Waals surface area (Å²) in [6.45, 7) is 6.57. The Morgan fingerprint density at radius 2 is 1.81 bits per heavy atom. The quantitative estimate of drug-likeness (QED) is 0.873. The Hall–Kier alpha value is -1.55. The zero-order valence-corrected chi connectivity index (χ0v) is 13.1. The van der Waals surface area contributed by atoms with Crippen LogP contribution in [0.15, 0.2) is 18.2 Å². The number of rotatable bonds is 5. The second-order valence-electron chi connectivity index (χ2n) is 5.55. The van der Waals surface area contributed by atoms with Gasteiger partial charge in [-0.1, -0.05) is 32.0 Å². The van der Waals surface area contributed by atoms with E-state index in [1.165, 1.54) is 11.1 Å². The molecule has 0 unspecified atom stereocenters. The average Bonchev–Trinajstić information content (AvgIpc) is 2.54. The number of carbonyl (C=O) groups excluding carboxylic acids is 1. The second kappa shape index (κ2) is 8.03. The summed E-state index contributed by atoms with van der Waals surface area (Å²) in [5.74, 6) is 0.538. The molecule has 0 atom stereocenters. The lowest BCUT2D eigenvalue weighted by atomic mass is 10.0. The minimum atomic E-state index is -0.0999. The molecule has 1 aliphatic heterocycles. The molecule has 1 aromatic carbocycles. The lowest BCUT2D eigenvalue weighted by molar-refractivity contribution is 0.0671. The maximum absolute atomic E-state index is 12.1. The predicted octanol–water partition coefficient (Wildman–Crippen LogP) is 3.36. The van der Waals surface area contributed by atoms with Crippen LogP contribution in [-0.4, -0.2) is 25.8 Å². The van der Waals surface area contributed by atoms with Crippen LogP contribution in [0.1, 0.15) is 37.8 Å². The molecule has 2 amide bonds. The van der Waals surface area contributed by atoms with Crippen molar-refractivity contribution in [1.29, 1.82) is 0 Å². The molecule has 1 aliphatic rings. The molecular weight excluding hydrogens is 264 g/mol. The van der Waals surface area contributed by atoms with Crippen molar-refractivity contribution in [2.75, 3.05) is 25.1 Å². The number of benzene rings is 1. The molecule has 116 valence electrons. The molecule has 0 aromatic heterocycles. The Balaban J connectivity index is 1.92. The molecule has 4 heteroatoms. The van der Waals surface area contributed by atoms with Crippen molar-refractivity contribution in [2.45, 2.75) is 39.5 Å². The van der Waals surface area contributed by atoms with Crippen LogP contribution in [-0.2, 0) is 17.6 Å². The monoisotopic (exact) mass is 290 g/mol. The minimum Gasteiger partial charge on any atom is -0.381 e. The van der Waals surface area contributed by atoms with Crippen LogP contribution >= 0.6 is 0 Å². The minimum absolute atomic E-state index is 0.0999. The number of ether oxygens (including phenoxy) is 1. The third-order valence-electron chi connectivity index (χ3n) is 4.13. The molecular formula is C17H26N2O2. The number of para-hydroxylation sites is 1. The first-order valence-corrected chi connectivity index (χ1v) is 7.98. The summed E-state index contributed by atoms with van der Waals surface area (Å²) >= 11 is 0. The molecule has 0 spiro atoms. The van der Waals surface area contributed by atoms with Crippen LogP contribution < -0.4 is 10.6 Å². The van der Waals surface area contributed by atoms with Crippen LogP contribution in [0.4, 0.5) is 10.5 Å². The number of hydrogen-bond acceptors (Lipinski definition) is 2. The molecule has 1 aromatic rings. The number of hydrogen-bond donors (Lipinski definition) is 2. The molecule has 2 N–H and O–H groups in total. The highest BCUT2D eigenvalue weighted by molar-refractivity contribution is 5.91. The maximum atomic E-state index is 12.1. The van der Waals surface area contributed by atoms with Gasteiger partial charge in [0.1, 0.15) is 0 Å². The number of aryl methyl sites for hydroxylation is 2. The Labute approximate surface area is 127 Å². The van der Waals surface area contributed by atoms with Crippen molar-refractivity contribution in [3.63, 3.8) is 0 Å². The predicted molar refractivity (Wildman–Crippen MR) is 85.8 cm³/mol. The van der Waals surface area contributed by atoms with Gasteiger partial charge >= 0.3 is 6.03 Å². The van der Waals surface area contributed by atoms with Gasteiger partial charge in [-0.15, -0.1) is 0 Å². The third kappa shape index (κ3) is 4.46. The highest BCUT2D eigenvalue weighted by atomic mass is 16.5. The Morgan fingerprint density at radius 1 is 1.19 bits per heavy atom. The maximum Gasteiger partial charge on any atom is 0.319 e. The van der Waals surface area contributed by atoms with Crippen molar-refractivity contribution >= 4 is 11.7 Å². The van der Waals surface area contributed by atoms with E-state index >= 15 is 0 Å². The Morgan fingerprint density at radius 3 is 2.38 bits per heavy atom. The normalized spacial score (nSPS) is 15.7. The molecule has 1 fully saturated rings. The Bertz CT molecular complexity index is 446. The van der Waals surface area contributed by atoms with E-state index in [1.54, 1.807) is 0 Å². The van der Waals surface area contributed by atoms with Crippen molar-refractivity contribution < 1.29 is 9.53 Å². The lowest BCUT2D eigenvalue weighted by Crippen LogP contribution is -2.35. The van der Waals surface area contributed by atoms with E-state index in [0.717, 1.165) is 51.1 Å². The third-order valence-corrected chi connectivity index (χ3v) is 4.13. The van der Waals surface area contributed by atoms with Gasteiger partial charge in [0.15, 0.2) is 0 Å². The summed E-state index contributed by atoms with van der Waals surface area (Å²) < 4.78 is 5.33. The van der Waals surface area contributed by atoms with E-state index in [0.29, 0.717) is 5.92 Å². The van der Waals surface area contributed by atoms with Gasteiger partial charge in [-0.25, -0.2) is 4.79 Å². The number of nitrogens with one attached hydrogen (secondary N) is 2. The zero-order chi connectivity index (χ0) is 15.1. The largest absolute Gasteiger partial charge is 0.381 e. The van der Waals surface area contributed by atoms with Gasteiger partial charge in [0.05, 0.1) is 0 Å². The van der Waals surface area contributed by atoms with Crippen LogP contribution in [0.5, 0.6) is 0 Å². The fourth-order valence-electron chi connectivity index (χ4n) is 2.75. The lowest BCUT2D eigenvalue weighted by Gasteiger charge is -2.22. The van der Waals surface area contributed by atoms with Crippen molar-refractivity contribution in [1.82, 2.24) is 5.32 Å². The highest BCUT2D eigenvalue weighted by Gasteiger charge is 2.15. The molecule has 21 heavy (non-hydrogen) atoms. The van der Waals surface area contributed by atoms with E-state index in [1.807, 2.05) is 0 Å². The van der Waals surface area contributed by atoms with Gasteiger partial charge in [0.2, 0.25) is 0 Å². The van der Waals surface area contributed by atoms with E-state index in [9.17, 15) is 4.79 Å². The molecule has 0 aliphatic carbocycles. The van der Waals surface area contributed by atoms with Gasteiger partial charge in [0, 0.05) is 25.4 Å². The van der Waals surface area contributed by atoms with E-state index in [4.69, 9.17) is 4.74 Å². The van der Waals surface area contributed by atoms with E-state index < -0.39 is 0 Å². The first-order chi connectivity index (χ1) is 10.2. The van der Waals surface area contributed by atoms with Gasteiger partial charge in [-0.2, -0.15) is 0 Å². The summed E-state index contributed by atoms with van der Waals surface area (Å²) in [4.78, 5) is 12.1. The van der Waals surface area contributed by atoms with Crippen molar-refractivity contribution in [2.24, 2.45) is 5.92 Å². The van der Waals surface area contributed by atoms with E-state index in [-0.39, 0.29) is 6.03 Å². The van der Waals surface area contributed by atoms with Crippen molar-refractivity contribution in [3.8, 4) is 0 Å². The SMILES string of the molecule is CCc1cccc(CC)c1NC(=O)NCC1CCOCC1. The zero-order valence-electron chi connectivity index (χ0n) is 13.1. The summed E-state index contributed by atoms with van der Waals surface area (Å²) in [5, 5.41) is 6.04. The molecule has 0 saturated carbocycles. The Kier molecular flexibility index (Phi) is 6.05. The number of amides is 2. The standard InChI is InChI=1S/C17H26N2O2/c1-3-14-6-5-7-15(4-2)16(14)19-17(20)18-12-13-8-10-21-11-9-13/h5-7,13H,3-4,8-12H2,1-2H3,(H2,18,19,20). The number of anilines is 1. The fraction of sp³-hybridized carbons (Fsp3) is 0.588. The van der Waals surface area contributed by atoms with Gasteiger partial charge in [-0.05, 0) is 42.7 Å². The number of urea groups is 1. The van der Waals surface area contributed by atoms with Crippen LogP contribution in [0.3, 0.4) is 0 Å². The first kappa shape index (κ1) is 15.8. The fourth-order valence-corrected chi connectivity index (χ4v) is 2.75. The molecule has 1 heterocycles. The van der Waals surface area contributed by atoms with Gasteiger partial charge in [-0.3, -0.25) is 0 Å². The molecule has 1 saturated heterocycles. The van der Waals surface area contributed by atoms with Crippen molar-refractivity contribution in [3.05, 3.63) is 29.3 Å². The van der Waals surface area contributed by atoms with E-state index in [2.05, 4.69) is 42.7 Å². The second-order valence-corrected chi connectivity index (χ2v) is 5.55. The molecule has 2 rings (SSSR count). The topological polar surface area (TPSA) is 50.4 Å². The van der Waals surface area contributed by atoms with Crippen LogP contribution in [0.2, 0.25) is 0 Å².